The third kappa shape index (κ3) is 3.44. The summed E-state index contributed by atoms with van der Waals surface area (Å²) in [6.45, 7) is 5.17. The Bertz CT molecular complexity index is 978. The first kappa shape index (κ1) is 18.4. The van der Waals surface area contributed by atoms with Crippen LogP contribution < -0.4 is 5.32 Å². The van der Waals surface area contributed by atoms with Gasteiger partial charge in [0.1, 0.15) is 22.6 Å². The Hall–Kier alpha value is -2.41. The number of alkyl halides is 2. The number of nitrogens with one attached hydrogen (secondary N) is 1. The minimum Gasteiger partial charge on any atom is -0.363 e. The van der Waals surface area contributed by atoms with Crippen molar-refractivity contribution in [2.24, 2.45) is 0 Å². The first-order valence-electron chi connectivity index (χ1n) is 7.92. The van der Waals surface area contributed by atoms with E-state index in [1.807, 2.05) is 0 Å². The second kappa shape index (κ2) is 7.07. The predicted octanol–water partition coefficient (Wildman–Crippen LogP) is 5.54. The van der Waals surface area contributed by atoms with Gasteiger partial charge in [0, 0.05) is 10.9 Å². The summed E-state index contributed by atoms with van der Waals surface area (Å²) < 4.78 is 40.3. The average molecular weight is 381 g/mol. The van der Waals surface area contributed by atoms with E-state index in [9.17, 15) is 13.2 Å². The highest BCUT2D eigenvalue weighted by Crippen LogP contribution is 2.31. The van der Waals surface area contributed by atoms with Crippen molar-refractivity contribution in [1.82, 2.24) is 15.0 Å². The van der Waals surface area contributed by atoms with Crippen LogP contribution >= 0.6 is 11.6 Å². The van der Waals surface area contributed by atoms with Crippen molar-refractivity contribution in [1.29, 1.82) is 0 Å². The minimum atomic E-state index is -2.88. The number of rotatable bonds is 4. The fourth-order valence-corrected chi connectivity index (χ4v) is 3.06. The number of anilines is 1. The normalized spacial score (nSPS) is 12.6. The van der Waals surface area contributed by atoms with Crippen molar-refractivity contribution in [2.75, 3.05) is 5.32 Å². The molecule has 0 aliphatic rings. The molecule has 26 heavy (non-hydrogen) atoms. The molecule has 0 aliphatic heterocycles. The number of halogens is 4. The topological polar surface area (TPSA) is 50.7 Å². The van der Waals surface area contributed by atoms with Crippen molar-refractivity contribution in [3.05, 3.63) is 57.9 Å². The monoisotopic (exact) mass is 380 g/mol. The summed E-state index contributed by atoms with van der Waals surface area (Å²) in [4.78, 5) is 12.9. The van der Waals surface area contributed by atoms with Crippen molar-refractivity contribution in [3.8, 4) is 0 Å². The van der Waals surface area contributed by atoms with E-state index in [2.05, 4.69) is 20.3 Å². The first-order chi connectivity index (χ1) is 12.3. The summed E-state index contributed by atoms with van der Waals surface area (Å²) in [7, 11) is 0. The zero-order valence-electron chi connectivity index (χ0n) is 14.3. The van der Waals surface area contributed by atoms with Crippen LogP contribution in [0.3, 0.4) is 0 Å². The molecule has 1 unspecified atom stereocenters. The Kier molecular flexibility index (Phi) is 5.00. The molecule has 0 spiro atoms. The van der Waals surface area contributed by atoms with Gasteiger partial charge in [0.2, 0.25) is 0 Å². The molecule has 136 valence electrons. The van der Waals surface area contributed by atoms with Crippen LogP contribution in [0.1, 0.15) is 42.0 Å². The van der Waals surface area contributed by atoms with E-state index in [-0.39, 0.29) is 10.7 Å². The van der Waals surface area contributed by atoms with Crippen LogP contribution in [-0.2, 0) is 0 Å². The summed E-state index contributed by atoms with van der Waals surface area (Å²) in [6, 6.07) is 4.97. The standard InChI is InChI=1S/C18H16ClF3N4/c1-8(11-5-4-6-12(15(11)20)17(21)22)24-18-13-7-14(19)23-9(2)16(13)25-10(3)26-18/h4-8,17H,1-3H3,(H,24,25,26). The van der Waals surface area contributed by atoms with Gasteiger partial charge < -0.3 is 5.32 Å². The quantitative estimate of drug-likeness (QED) is 0.603. The molecule has 0 bridgehead atoms. The van der Waals surface area contributed by atoms with Crippen LogP contribution in [0, 0.1) is 19.7 Å². The fourth-order valence-electron chi connectivity index (χ4n) is 2.82. The molecule has 0 fully saturated rings. The Morgan fingerprint density at radius 2 is 1.77 bits per heavy atom. The molecule has 4 nitrogen and oxygen atoms in total. The molecule has 2 aromatic heterocycles. The summed E-state index contributed by atoms with van der Waals surface area (Å²) in [5.74, 6) is 0.0175. The lowest BCUT2D eigenvalue weighted by Crippen LogP contribution is -2.12. The first-order valence-corrected chi connectivity index (χ1v) is 8.30. The molecule has 1 atom stereocenters. The van der Waals surface area contributed by atoms with Gasteiger partial charge in [-0.2, -0.15) is 0 Å². The molecule has 0 saturated carbocycles. The largest absolute Gasteiger partial charge is 0.363 e. The lowest BCUT2D eigenvalue weighted by Gasteiger charge is -2.19. The van der Waals surface area contributed by atoms with Gasteiger partial charge in [-0.25, -0.2) is 28.1 Å². The molecule has 2 heterocycles. The van der Waals surface area contributed by atoms with Crippen LogP contribution in [0.15, 0.2) is 24.3 Å². The molecule has 1 N–H and O–H groups in total. The molecule has 0 amide bonds. The highest BCUT2D eigenvalue weighted by Gasteiger charge is 2.20. The van der Waals surface area contributed by atoms with E-state index in [1.54, 1.807) is 26.8 Å². The van der Waals surface area contributed by atoms with Crippen LogP contribution in [0.4, 0.5) is 19.0 Å². The fraction of sp³-hybridized carbons (Fsp3) is 0.278. The van der Waals surface area contributed by atoms with E-state index >= 15 is 0 Å². The molecular formula is C18H16ClF3N4. The Balaban J connectivity index is 2.06. The van der Waals surface area contributed by atoms with Gasteiger partial charge in [-0.3, -0.25) is 0 Å². The van der Waals surface area contributed by atoms with Gasteiger partial charge >= 0.3 is 0 Å². The molecule has 8 heteroatoms. The zero-order valence-corrected chi connectivity index (χ0v) is 15.1. The highest BCUT2D eigenvalue weighted by atomic mass is 35.5. The molecular weight excluding hydrogens is 365 g/mol. The van der Waals surface area contributed by atoms with Gasteiger partial charge in [0.05, 0.1) is 22.8 Å². The highest BCUT2D eigenvalue weighted by molar-refractivity contribution is 6.30. The number of hydrogen-bond acceptors (Lipinski definition) is 4. The van der Waals surface area contributed by atoms with Crippen LogP contribution in [0.5, 0.6) is 0 Å². The van der Waals surface area contributed by atoms with Gasteiger partial charge in [0.15, 0.2) is 0 Å². The van der Waals surface area contributed by atoms with Crippen molar-refractivity contribution >= 4 is 28.3 Å². The number of aryl methyl sites for hydroxylation is 2. The Labute approximate surface area is 153 Å². The zero-order chi connectivity index (χ0) is 19.0. The van der Waals surface area contributed by atoms with Crippen molar-refractivity contribution in [3.63, 3.8) is 0 Å². The lowest BCUT2D eigenvalue weighted by molar-refractivity contribution is 0.146. The number of hydrogen-bond donors (Lipinski definition) is 1. The molecule has 3 aromatic rings. The van der Waals surface area contributed by atoms with E-state index in [0.29, 0.717) is 28.2 Å². The molecule has 0 saturated heterocycles. The van der Waals surface area contributed by atoms with E-state index in [0.717, 1.165) is 6.07 Å². The number of nitrogens with zero attached hydrogens (tertiary/aromatic N) is 3. The molecule has 0 radical (unpaired) electrons. The van der Waals surface area contributed by atoms with Gasteiger partial charge in [-0.15, -0.1) is 0 Å². The Morgan fingerprint density at radius 3 is 2.46 bits per heavy atom. The van der Waals surface area contributed by atoms with Crippen LogP contribution in [-0.4, -0.2) is 15.0 Å². The lowest BCUT2D eigenvalue weighted by atomic mass is 10.0. The van der Waals surface area contributed by atoms with Crippen LogP contribution in [0.25, 0.3) is 10.9 Å². The maximum absolute atomic E-state index is 14.4. The van der Waals surface area contributed by atoms with E-state index < -0.39 is 23.8 Å². The van der Waals surface area contributed by atoms with Crippen molar-refractivity contribution < 1.29 is 13.2 Å². The summed E-state index contributed by atoms with van der Waals surface area (Å²) in [6.07, 6.45) is -2.88. The summed E-state index contributed by atoms with van der Waals surface area (Å²) in [5, 5.41) is 3.99. The van der Waals surface area contributed by atoms with Crippen LogP contribution in [0.2, 0.25) is 5.15 Å². The summed E-state index contributed by atoms with van der Waals surface area (Å²) in [5.41, 5.74) is 0.769. The number of benzene rings is 1. The molecule has 0 aliphatic carbocycles. The third-order valence-corrected chi connectivity index (χ3v) is 4.25. The maximum atomic E-state index is 14.4. The van der Waals surface area contributed by atoms with Gasteiger partial charge in [-0.1, -0.05) is 29.8 Å². The predicted molar refractivity (Wildman–Crippen MR) is 95.2 cm³/mol. The Morgan fingerprint density at radius 1 is 1.08 bits per heavy atom. The van der Waals surface area contributed by atoms with E-state index in [4.69, 9.17) is 11.6 Å². The third-order valence-electron chi connectivity index (χ3n) is 4.05. The van der Waals surface area contributed by atoms with E-state index in [1.165, 1.54) is 12.1 Å². The number of fused-ring (bicyclic) bond motifs is 1. The minimum absolute atomic E-state index is 0.129. The number of pyridine rings is 1. The van der Waals surface area contributed by atoms with Gasteiger partial charge in [-0.05, 0) is 26.8 Å². The SMILES string of the molecule is Cc1nc(NC(C)c2cccc(C(F)F)c2F)c2cc(Cl)nc(C)c2n1. The second-order valence-electron chi connectivity index (χ2n) is 5.96. The maximum Gasteiger partial charge on any atom is 0.266 e. The number of aromatic nitrogens is 3. The smallest absolute Gasteiger partial charge is 0.266 e. The second-order valence-corrected chi connectivity index (χ2v) is 6.35. The average Bonchev–Trinajstić information content (AvgIpc) is 2.55. The van der Waals surface area contributed by atoms with Gasteiger partial charge in [0.25, 0.3) is 6.43 Å². The molecule has 3 rings (SSSR count). The summed E-state index contributed by atoms with van der Waals surface area (Å²) >= 11 is 6.03. The molecule has 1 aromatic carbocycles. The van der Waals surface area contributed by atoms with Crippen molar-refractivity contribution in [2.45, 2.75) is 33.2 Å².